The standard InChI is InChI=1S/C25H17F2N3O2/c1-25(2)6-7-30-21-11(8-10(26)9-12(21)25)15-18-19(24(32)29-23(18)31)17-16-13(27)4-3-5-14(16)28-20(17)22(15)30/h3-5,8-9,28H,6-7H2,1-2H3,(H,29,31,32). The minimum Gasteiger partial charge on any atom is -0.353 e. The highest BCUT2D eigenvalue weighted by Crippen LogP contribution is 2.48. The van der Waals surface area contributed by atoms with Gasteiger partial charge in [-0.05, 0) is 41.7 Å². The van der Waals surface area contributed by atoms with Gasteiger partial charge in [0.2, 0.25) is 0 Å². The topological polar surface area (TPSA) is 66.9 Å². The second kappa shape index (κ2) is 5.35. The molecule has 0 radical (unpaired) electrons. The van der Waals surface area contributed by atoms with Crippen LogP contribution in [0.4, 0.5) is 8.78 Å². The number of aryl methyl sites for hydroxylation is 1. The van der Waals surface area contributed by atoms with Crippen LogP contribution in [0.3, 0.4) is 0 Å². The van der Waals surface area contributed by atoms with E-state index >= 15 is 0 Å². The highest BCUT2D eigenvalue weighted by Gasteiger charge is 2.39. The number of aromatic nitrogens is 2. The second-order valence-electron chi connectivity index (χ2n) is 9.43. The summed E-state index contributed by atoms with van der Waals surface area (Å²) in [6.07, 6.45) is 0.778. The van der Waals surface area contributed by atoms with Crippen molar-refractivity contribution in [3.63, 3.8) is 0 Å². The molecule has 0 fully saturated rings. The zero-order chi connectivity index (χ0) is 22.1. The smallest absolute Gasteiger partial charge is 0.259 e. The van der Waals surface area contributed by atoms with Gasteiger partial charge in [-0.1, -0.05) is 19.9 Å². The molecule has 2 aromatic heterocycles. The molecule has 0 bridgehead atoms. The number of carbonyl (C=O) groups excluding carboxylic acids is 2. The number of hydrogen-bond acceptors (Lipinski definition) is 2. The molecular formula is C25H17F2N3O2. The van der Waals surface area contributed by atoms with Crippen LogP contribution in [-0.4, -0.2) is 21.4 Å². The number of imide groups is 1. The van der Waals surface area contributed by atoms with Gasteiger partial charge in [0.15, 0.2) is 0 Å². The van der Waals surface area contributed by atoms with E-state index in [1.165, 1.54) is 12.1 Å². The van der Waals surface area contributed by atoms with Crippen molar-refractivity contribution in [3.8, 4) is 0 Å². The molecule has 2 amide bonds. The van der Waals surface area contributed by atoms with Crippen molar-refractivity contribution in [2.24, 2.45) is 0 Å². The SMILES string of the molecule is CC1(C)CCn2c3c1cc(F)cc3c1c3c(c4c([nH]c5cccc(F)c54)c12)C(=O)NC3=O. The van der Waals surface area contributed by atoms with Gasteiger partial charge >= 0.3 is 0 Å². The third-order valence-corrected chi connectivity index (χ3v) is 7.25. The summed E-state index contributed by atoms with van der Waals surface area (Å²) in [5, 5.41) is 4.20. The number of nitrogens with one attached hydrogen (secondary N) is 2. The van der Waals surface area contributed by atoms with Gasteiger partial charge in [0.25, 0.3) is 11.8 Å². The van der Waals surface area contributed by atoms with Crippen LogP contribution in [-0.2, 0) is 12.0 Å². The van der Waals surface area contributed by atoms with Crippen molar-refractivity contribution in [2.75, 3.05) is 0 Å². The highest BCUT2D eigenvalue weighted by atomic mass is 19.1. The van der Waals surface area contributed by atoms with E-state index in [9.17, 15) is 18.4 Å². The Kier molecular flexibility index (Phi) is 2.99. The summed E-state index contributed by atoms with van der Waals surface area (Å²) in [6, 6.07) is 7.69. The van der Waals surface area contributed by atoms with E-state index < -0.39 is 17.6 Å². The fraction of sp³-hybridized carbons (Fsp3) is 0.200. The van der Waals surface area contributed by atoms with Gasteiger partial charge in [0, 0.05) is 33.6 Å². The normalized spacial score (nSPS) is 17.1. The van der Waals surface area contributed by atoms with Crippen LogP contribution in [0.1, 0.15) is 46.5 Å². The van der Waals surface area contributed by atoms with E-state index in [0.717, 1.165) is 17.5 Å². The highest BCUT2D eigenvalue weighted by molar-refractivity contribution is 6.39. The van der Waals surface area contributed by atoms with Crippen LogP contribution >= 0.6 is 0 Å². The molecule has 7 heteroatoms. The second-order valence-corrected chi connectivity index (χ2v) is 9.43. The third kappa shape index (κ3) is 1.89. The maximum absolute atomic E-state index is 15.0. The Hall–Kier alpha value is -3.74. The molecule has 2 aliphatic rings. The minimum absolute atomic E-state index is 0.150. The van der Waals surface area contributed by atoms with Crippen LogP contribution in [0.15, 0.2) is 30.3 Å². The molecule has 0 atom stereocenters. The van der Waals surface area contributed by atoms with Crippen LogP contribution in [0.2, 0.25) is 0 Å². The predicted molar refractivity (Wildman–Crippen MR) is 118 cm³/mol. The Morgan fingerprint density at radius 2 is 1.72 bits per heavy atom. The molecule has 3 aromatic carbocycles. The summed E-state index contributed by atoms with van der Waals surface area (Å²) < 4.78 is 31.9. The number of hydrogen-bond donors (Lipinski definition) is 2. The number of amides is 2. The Labute approximate surface area is 180 Å². The van der Waals surface area contributed by atoms with Gasteiger partial charge in [0.05, 0.1) is 27.7 Å². The number of halogens is 2. The number of rotatable bonds is 0. The number of aromatic amines is 1. The third-order valence-electron chi connectivity index (χ3n) is 7.25. The molecule has 0 spiro atoms. The van der Waals surface area contributed by atoms with Gasteiger partial charge in [-0.3, -0.25) is 14.9 Å². The van der Waals surface area contributed by atoms with Crippen LogP contribution < -0.4 is 5.32 Å². The van der Waals surface area contributed by atoms with Crippen LogP contribution in [0.25, 0.3) is 43.6 Å². The lowest BCUT2D eigenvalue weighted by molar-refractivity contribution is 0.0880. The first kappa shape index (κ1) is 17.9. The van der Waals surface area contributed by atoms with Crippen molar-refractivity contribution in [2.45, 2.75) is 32.2 Å². The maximum atomic E-state index is 15.0. The first-order valence-corrected chi connectivity index (χ1v) is 10.6. The van der Waals surface area contributed by atoms with Crippen LogP contribution in [0.5, 0.6) is 0 Å². The number of benzene rings is 3. The summed E-state index contributed by atoms with van der Waals surface area (Å²) in [5.74, 6) is -1.95. The number of nitrogens with zero attached hydrogens (tertiary/aromatic N) is 1. The zero-order valence-corrected chi connectivity index (χ0v) is 17.3. The number of carbonyl (C=O) groups is 2. The Morgan fingerprint density at radius 1 is 0.969 bits per heavy atom. The lowest BCUT2D eigenvalue weighted by atomic mass is 9.78. The minimum atomic E-state index is -0.561. The van der Waals surface area contributed by atoms with E-state index in [2.05, 4.69) is 28.7 Å². The average molecular weight is 429 g/mol. The molecule has 0 saturated heterocycles. The Balaban J connectivity index is 1.88. The quantitative estimate of drug-likeness (QED) is 0.329. The largest absolute Gasteiger partial charge is 0.353 e. The van der Waals surface area contributed by atoms with Gasteiger partial charge in [-0.25, -0.2) is 8.78 Å². The summed E-state index contributed by atoms with van der Waals surface area (Å²) in [4.78, 5) is 29.2. The molecule has 0 saturated carbocycles. The zero-order valence-electron chi connectivity index (χ0n) is 17.3. The average Bonchev–Trinajstić information content (AvgIpc) is 3.35. The van der Waals surface area contributed by atoms with Crippen molar-refractivity contribution in [1.82, 2.24) is 14.9 Å². The predicted octanol–water partition coefficient (Wildman–Crippen LogP) is 5.27. The number of H-pyrrole nitrogens is 1. The molecule has 0 unspecified atom stereocenters. The van der Waals surface area contributed by atoms with Crippen molar-refractivity contribution in [3.05, 3.63) is 58.7 Å². The van der Waals surface area contributed by atoms with E-state index in [1.54, 1.807) is 18.2 Å². The van der Waals surface area contributed by atoms with Crippen molar-refractivity contribution >= 4 is 55.4 Å². The lowest BCUT2D eigenvalue weighted by Crippen LogP contribution is -2.25. The summed E-state index contributed by atoms with van der Waals surface area (Å²) >= 11 is 0. The fourth-order valence-corrected chi connectivity index (χ4v) is 5.80. The molecule has 5 aromatic rings. The molecule has 4 heterocycles. The first-order chi connectivity index (χ1) is 15.3. The first-order valence-electron chi connectivity index (χ1n) is 10.6. The fourth-order valence-electron chi connectivity index (χ4n) is 5.80. The van der Waals surface area contributed by atoms with Gasteiger partial charge < -0.3 is 9.55 Å². The van der Waals surface area contributed by atoms with E-state index in [1.807, 2.05) is 0 Å². The molecule has 7 rings (SSSR count). The van der Waals surface area contributed by atoms with E-state index in [-0.39, 0.29) is 27.7 Å². The van der Waals surface area contributed by atoms with E-state index in [0.29, 0.717) is 39.3 Å². The van der Waals surface area contributed by atoms with Crippen molar-refractivity contribution in [1.29, 1.82) is 0 Å². The molecule has 158 valence electrons. The molecular weight excluding hydrogens is 412 g/mol. The monoisotopic (exact) mass is 429 g/mol. The Bertz CT molecular complexity index is 1740. The summed E-state index contributed by atoms with van der Waals surface area (Å²) in [6.45, 7) is 4.82. The molecule has 0 aliphatic carbocycles. The lowest BCUT2D eigenvalue weighted by Gasteiger charge is -2.32. The summed E-state index contributed by atoms with van der Waals surface area (Å²) in [5.41, 5.74) is 3.66. The Morgan fingerprint density at radius 3 is 2.50 bits per heavy atom. The van der Waals surface area contributed by atoms with Gasteiger partial charge in [0.1, 0.15) is 11.6 Å². The van der Waals surface area contributed by atoms with Gasteiger partial charge in [-0.2, -0.15) is 0 Å². The molecule has 2 aliphatic heterocycles. The van der Waals surface area contributed by atoms with Crippen LogP contribution in [0, 0.1) is 11.6 Å². The number of fused-ring (bicyclic) bond motifs is 10. The van der Waals surface area contributed by atoms with Gasteiger partial charge in [-0.15, -0.1) is 0 Å². The molecule has 5 nitrogen and oxygen atoms in total. The summed E-state index contributed by atoms with van der Waals surface area (Å²) in [7, 11) is 0. The molecule has 32 heavy (non-hydrogen) atoms. The maximum Gasteiger partial charge on any atom is 0.259 e. The van der Waals surface area contributed by atoms with Crippen molar-refractivity contribution < 1.29 is 18.4 Å². The molecule has 2 N–H and O–H groups in total. The van der Waals surface area contributed by atoms with E-state index in [4.69, 9.17) is 0 Å².